The molecule has 6 nitrogen and oxygen atoms in total. The second-order valence-corrected chi connectivity index (χ2v) is 8.61. The molecule has 1 aliphatic heterocycles. The van der Waals surface area contributed by atoms with Crippen LogP contribution in [0.5, 0.6) is 0 Å². The van der Waals surface area contributed by atoms with Gasteiger partial charge in [0.25, 0.3) is 0 Å². The van der Waals surface area contributed by atoms with Gasteiger partial charge < -0.3 is 19.0 Å². The molecule has 1 saturated heterocycles. The van der Waals surface area contributed by atoms with Gasteiger partial charge in [-0.2, -0.15) is 0 Å². The van der Waals surface area contributed by atoms with E-state index in [0.717, 1.165) is 38.1 Å². The van der Waals surface area contributed by atoms with E-state index in [1.165, 1.54) is 5.56 Å². The minimum atomic E-state index is -0.0504. The maximum atomic E-state index is 13.3. The Hall–Kier alpha value is -2.60. The Bertz CT molecular complexity index is 846. The Labute approximate surface area is 184 Å². The zero-order valence-electron chi connectivity index (χ0n) is 18.2. The number of hydrogen-bond donors (Lipinski definition) is 0. The van der Waals surface area contributed by atoms with Crippen LogP contribution in [0.4, 0.5) is 0 Å². The molecule has 2 aliphatic rings. The highest BCUT2D eigenvalue weighted by atomic mass is 16.5. The van der Waals surface area contributed by atoms with E-state index in [1.54, 1.807) is 16.1 Å². The molecule has 0 N–H and O–H groups in total. The molecular formula is C25H32N2O4. The Morgan fingerprint density at radius 2 is 1.94 bits per heavy atom. The van der Waals surface area contributed by atoms with Crippen LogP contribution in [0, 0.1) is 5.92 Å². The van der Waals surface area contributed by atoms with Crippen LogP contribution in [0.15, 0.2) is 53.1 Å². The minimum Gasteiger partial charge on any atom is -0.467 e. The molecule has 1 saturated carbocycles. The first-order valence-corrected chi connectivity index (χ1v) is 11.4. The lowest BCUT2D eigenvalue weighted by atomic mass is 10.1. The molecule has 2 aromatic rings. The molecular weight excluding hydrogens is 392 g/mol. The van der Waals surface area contributed by atoms with Gasteiger partial charge in [0.2, 0.25) is 11.8 Å². The van der Waals surface area contributed by atoms with Gasteiger partial charge in [-0.05, 0) is 49.3 Å². The Balaban J connectivity index is 1.41. The van der Waals surface area contributed by atoms with Crippen LogP contribution in [-0.4, -0.2) is 54.0 Å². The lowest BCUT2D eigenvalue weighted by Gasteiger charge is -2.29. The summed E-state index contributed by atoms with van der Waals surface area (Å²) in [6.07, 6.45) is 5.35. The summed E-state index contributed by atoms with van der Waals surface area (Å²) in [5.74, 6) is 1.04. The van der Waals surface area contributed by atoms with Crippen LogP contribution in [-0.2, 0) is 20.9 Å². The molecule has 0 radical (unpaired) electrons. The predicted octanol–water partition coefficient (Wildman–Crippen LogP) is 3.83. The van der Waals surface area contributed by atoms with Crippen molar-refractivity contribution in [1.82, 2.24) is 9.80 Å². The lowest BCUT2D eigenvalue weighted by molar-refractivity contribution is -0.142. The van der Waals surface area contributed by atoms with Crippen molar-refractivity contribution in [2.45, 2.75) is 51.2 Å². The van der Waals surface area contributed by atoms with E-state index in [1.807, 2.05) is 37.3 Å². The van der Waals surface area contributed by atoms with Crippen molar-refractivity contribution in [2.24, 2.45) is 5.92 Å². The largest absolute Gasteiger partial charge is 0.467 e. The molecule has 1 aromatic carbocycles. The van der Waals surface area contributed by atoms with Crippen LogP contribution in [0.1, 0.15) is 49.8 Å². The molecule has 1 aromatic heterocycles. The van der Waals surface area contributed by atoms with Crippen molar-refractivity contribution in [3.8, 4) is 0 Å². The fraction of sp³-hybridized carbons (Fsp3) is 0.520. The molecule has 6 heteroatoms. The van der Waals surface area contributed by atoms with Gasteiger partial charge in [-0.1, -0.05) is 37.3 Å². The Morgan fingerprint density at radius 1 is 1.10 bits per heavy atom. The van der Waals surface area contributed by atoms with Gasteiger partial charge in [-0.3, -0.25) is 9.59 Å². The Kier molecular flexibility index (Phi) is 7.07. The first-order chi connectivity index (χ1) is 15.2. The molecule has 166 valence electrons. The number of rotatable bonds is 10. The molecule has 4 rings (SSSR count). The number of benzene rings is 1. The zero-order chi connectivity index (χ0) is 21.6. The van der Waals surface area contributed by atoms with E-state index < -0.39 is 0 Å². The van der Waals surface area contributed by atoms with Crippen molar-refractivity contribution in [3.63, 3.8) is 0 Å². The summed E-state index contributed by atoms with van der Waals surface area (Å²) >= 11 is 0. The predicted molar refractivity (Wildman–Crippen MR) is 117 cm³/mol. The maximum absolute atomic E-state index is 13.3. The highest BCUT2D eigenvalue weighted by Gasteiger charge is 2.46. The molecule has 0 unspecified atom stereocenters. The number of nitrogens with zero attached hydrogens (tertiary/aromatic N) is 2. The number of ether oxygens (including phenoxy) is 1. The van der Waals surface area contributed by atoms with E-state index >= 15 is 0 Å². The van der Waals surface area contributed by atoms with Gasteiger partial charge in [0.05, 0.1) is 25.5 Å². The molecule has 31 heavy (non-hydrogen) atoms. The van der Waals surface area contributed by atoms with Crippen LogP contribution in [0.2, 0.25) is 0 Å². The fourth-order valence-electron chi connectivity index (χ4n) is 4.45. The molecule has 0 spiro atoms. The second-order valence-electron chi connectivity index (χ2n) is 8.61. The van der Waals surface area contributed by atoms with Gasteiger partial charge in [0, 0.05) is 25.6 Å². The molecule has 0 bridgehead atoms. The first kappa shape index (κ1) is 21.6. The van der Waals surface area contributed by atoms with E-state index in [4.69, 9.17) is 9.15 Å². The zero-order valence-corrected chi connectivity index (χ0v) is 18.2. The van der Waals surface area contributed by atoms with Crippen molar-refractivity contribution in [2.75, 3.05) is 26.2 Å². The third-order valence-electron chi connectivity index (χ3n) is 6.19. The number of furan rings is 1. The smallest absolute Gasteiger partial charge is 0.242 e. The quantitative estimate of drug-likeness (QED) is 0.582. The minimum absolute atomic E-state index is 0.0153. The summed E-state index contributed by atoms with van der Waals surface area (Å²) < 4.78 is 11.2. The average molecular weight is 425 g/mol. The third-order valence-corrected chi connectivity index (χ3v) is 6.19. The normalized spacial score (nSPS) is 22.3. The summed E-state index contributed by atoms with van der Waals surface area (Å²) in [5, 5.41) is 0. The SMILES string of the molecule is CCCN(CC(=O)N(Cc1ccco1)C[C@H]1CCCO1)C(=O)[C@@H]1C[C@H]1c1ccccc1. The molecule has 2 amide bonds. The monoisotopic (exact) mass is 424 g/mol. The average Bonchev–Trinajstić information content (AvgIpc) is 3.12. The molecule has 3 atom stereocenters. The van der Waals surface area contributed by atoms with Gasteiger partial charge in [-0.25, -0.2) is 0 Å². The number of amides is 2. The summed E-state index contributed by atoms with van der Waals surface area (Å²) in [7, 11) is 0. The first-order valence-electron chi connectivity index (χ1n) is 11.4. The Morgan fingerprint density at radius 3 is 2.61 bits per heavy atom. The highest BCUT2D eigenvalue weighted by molar-refractivity contribution is 5.88. The highest BCUT2D eigenvalue weighted by Crippen LogP contribution is 2.48. The number of hydrogen-bond acceptors (Lipinski definition) is 4. The number of carbonyl (C=O) groups excluding carboxylic acids is 2. The maximum Gasteiger partial charge on any atom is 0.242 e. The number of carbonyl (C=O) groups is 2. The summed E-state index contributed by atoms with van der Waals surface area (Å²) in [6.45, 7) is 4.42. The van der Waals surface area contributed by atoms with E-state index in [2.05, 4.69) is 12.1 Å². The van der Waals surface area contributed by atoms with Crippen molar-refractivity contribution in [1.29, 1.82) is 0 Å². The summed E-state index contributed by atoms with van der Waals surface area (Å²) in [6, 6.07) is 13.9. The summed E-state index contributed by atoms with van der Waals surface area (Å²) in [5.41, 5.74) is 1.21. The van der Waals surface area contributed by atoms with Gasteiger partial charge in [0.1, 0.15) is 5.76 Å². The molecule has 2 fully saturated rings. The van der Waals surface area contributed by atoms with E-state index in [9.17, 15) is 9.59 Å². The van der Waals surface area contributed by atoms with E-state index in [-0.39, 0.29) is 36.3 Å². The van der Waals surface area contributed by atoms with E-state index in [0.29, 0.717) is 19.6 Å². The molecule has 1 aliphatic carbocycles. The topological polar surface area (TPSA) is 63.0 Å². The van der Waals surface area contributed by atoms with Crippen molar-refractivity contribution < 1.29 is 18.7 Å². The van der Waals surface area contributed by atoms with Crippen LogP contribution in [0.3, 0.4) is 0 Å². The molecule has 2 heterocycles. The second kappa shape index (κ2) is 10.1. The van der Waals surface area contributed by atoms with Crippen LogP contribution >= 0.6 is 0 Å². The standard InChI is InChI=1S/C25H32N2O4/c1-2-12-26(25(29)23-15-22(23)19-8-4-3-5-9-19)18-24(28)27(16-20-10-6-13-30-20)17-21-11-7-14-31-21/h3-6,8-10,13,21-23H,2,7,11-12,14-18H2,1H3/t21-,22+,23-/m1/s1. The van der Waals surface area contributed by atoms with Crippen LogP contribution < -0.4 is 0 Å². The van der Waals surface area contributed by atoms with Crippen molar-refractivity contribution >= 4 is 11.8 Å². The fourth-order valence-corrected chi connectivity index (χ4v) is 4.45. The van der Waals surface area contributed by atoms with Crippen molar-refractivity contribution in [3.05, 3.63) is 60.1 Å². The summed E-state index contributed by atoms with van der Waals surface area (Å²) in [4.78, 5) is 30.0. The lowest BCUT2D eigenvalue weighted by Crippen LogP contribution is -2.45. The van der Waals surface area contributed by atoms with Gasteiger partial charge in [0.15, 0.2) is 0 Å². The van der Waals surface area contributed by atoms with Gasteiger partial charge >= 0.3 is 0 Å². The van der Waals surface area contributed by atoms with Gasteiger partial charge in [-0.15, -0.1) is 0 Å². The third kappa shape index (κ3) is 5.56. The van der Waals surface area contributed by atoms with Crippen LogP contribution in [0.25, 0.3) is 0 Å².